The number of carbonyl (C=O) groups excluding carboxylic acids is 2. The number of imide groups is 1. The normalized spacial score (nSPS) is 14.7. The summed E-state index contributed by atoms with van der Waals surface area (Å²) >= 11 is 0. The smallest absolute Gasteiger partial charge is 0.331 e. The fourth-order valence-corrected chi connectivity index (χ4v) is 2.91. The van der Waals surface area contributed by atoms with Gasteiger partial charge >= 0.3 is 6.03 Å². The first-order chi connectivity index (χ1) is 13.1. The first kappa shape index (κ1) is 18.5. The van der Waals surface area contributed by atoms with Crippen LogP contribution in [0.15, 0.2) is 54.8 Å². The van der Waals surface area contributed by atoms with Crippen LogP contribution in [0, 0.1) is 0 Å². The van der Waals surface area contributed by atoms with Gasteiger partial charge in [0.25, 0.3) is 0 Å². The van der Waals surface area contributed by atoms with Crippen LogP contribution in [-0.4, -0.2) is 37.6 Å². The van der Waals surface area contributed by atoms with Gasteiger partial charge in [0, 0.05) is 18.7 Å². The van der Waals surface area contributed by atoms with E-state index in [4.69, 9.17) is 9.47 Å². The monoisotopic (exact) mass is 366 g/mol. The molecule has 1 aliphatic heterocycles. The fraction of sp³-hybridized carbons (Fsp3) is 0.238. The van der Waals surface area contributed by atoms with Crippen LogP contribution in [0.1, 0.15) is 17.5 Å². The Morgan fingerprint density at radius 3 is 2.33 bits per heavy atom. The lowest BCUT2D eigenvalue weighted by molar-refractivity contribution is -0.129. The zero-order valence-corrected chi connectivity index (χ0v) is 15.4. The molecule has 0 spiro atoms. The van der Waals surface area contributed by atoms with Crippen molar-refractivity contribution < 1.29 is 19.1 Å². The standard InChI is InChI=1S/C21H22N2O4/c1-26-14-12-16-3-7-18(8-4-16)22-13-11-20(24)23(21(22)25)15-17-5-9-19(27-2)10-6-17/h3-10,12,14H,11,13,15H2,1-2H3/b14-12+. The highest BCUT2D eigenvalue weighted by Crippen LogP contribution is 2.23. The molecule has 2 aromatic carbocycles. The first-order valence-electron chi connectivity index (χ1n) is 8.66. The van der Waals surface area contributed by atoms with Gasteiger partial charge in [0.05, 0.1) is 27.0 Å². The molecule has 0 atom stereocenters. The van der Waals surface area contributed by atoms with Crippen molar-refractivity contribution in [2.24, 2.45) is 0 Å². The minimum absolute atomic E-state index is 0.160. The highest BCUT2D eigenvalue weighted by atomic mass is 16.5. The van der Waals surface area contributed by atoms with Crippen LogP contribution in [0.5, 0.6) is 5.75 Å². The SMILES string of the molecule is CO/C=C/c1ccc(N2CCC(=O)N(Cc3ccc(OC)cc3)C2=O)cc1. The van der Waals surface area contributed by atoms with Crippen LogP contribution in [0.4, 0.5) is 10.5 Å². The zero-order valence-electron chi connectivity index (χ0n) is 15.4. The molecule has 0 aliphatic carbocycles. The van der Waals surface area contributed by atoms with Crippen LogP contribution in [0.2, 0.25) is 0 Å². The topological polar surface area (TPSA) is 59.1 Å². The van der Waals surface area contributed by atoms with E-state index in [-0.39, 0.29) is 18.5 Å². The quantitative estimate of drug-likeness (QED) is 0.732. The molecule has 3 rings (SSSR count). The van der Waals surface area contributed by atoms with Crippen LogP contribution in [0.3, 0.4) is 0 Å². The average Bonchev–Trinajstić information content (AvgIpc) is 2.70. The molecule has 1 aliphatic rings. The van der Waals surface area contributed by atoms with Crippen molar-refractivity contribution in [2.45, 2.75) is 13.0 Å². The van der Waals surface area contributed by atoms with Crippen molar-refractivity contribution in [1.29, 1.82) is 0 Å². The van der Waals surface area contributed by atoms with Gasteiger partial charge in [0.15, 0.2) is 0 Å². The maximum atomic E-state index is 12.9. The van der Waals surface area contributed by atoms with Crippen molar-refractivity contribution in [3.05, 3.63) is 65.9 Å². The molecule has 2 aromatic rings. The molecule has 3 amide bonds. The molecule has 27 heavy (non-hydrogen) atoms. The Morgan fingerprint density at radius 2 is 1.70 bits per heavy atom. The fourth-order valence-electron chi connectivity index (χ4n) is 2.91. The lowest BCUT2D eigenvalue weighted by atomic mass is 10.1. The molecule has 6 heteroatoms. The first-order valence-corrected chi connectivity index (χ1v) is 8.66. The summed E-state index contributed by atoms with van der Waals surface area (Å²) in [7, 11) is 3.19. The van der Waals surface area contributed by atoms with Crippen molar-refractivity contribution in [3.8, 4) is 5.75 Å². The molecule has 0 aromatic heterocycles. The molecule has 140 valence electrons. The lowest BCUT2D eigenvalue weighted by Crippen LogP contribution is -2.52. The number of nitrogens with zero attached hydrogens (tertiary/aromatic N) is 2. The molecule has 0 N–H and O–H groups in total. The number of urea groups is 1. The van der Waals surface area contributed by atoms with Crippen LogP contribution in [-0.2, 0) is 16.1 Å². The molecule has 0 bridgehead atoms. The summed E-state index contributed by atoms with van der Waals surface area (Å²) in [6.45, 7) is 0.622. The number of hydrogen-bond donors (Lipinski definition) is 0. The summed E-state index contributed by atoms with van der Waals surface area (Å²) in [6, 6.07) is 14.6. The molecule has 1 saturated heterocycles. The summed E-state index contributed by atoms with van der Waals surface area (Å²) in [4.78, 5) is 28.1. The average molecular weight is 366 g/mol. The van der Waals surface area contributed by atoms with Gasteiger partial charge in [-0.2, -0.15) is 0 Å². The number of ether oxygens (including phenoxy) is 2. The number of carbonyl (C=O) groups is 2. The molecular weight excluding hydrogens is 344 g/mol. The van der Waals surface area contributed by atoms with E-state index in [1.54, 1.807) is 25.4 Å². The summed E-state index contributed by atoms with van der Waals surface area (Å²) in [5, 5.41) is 0. The molecule has 0 radical (unpaired) electrons. The Bertz CT molecular complexity index is 828. The minimum Gasteiger partial charge on any atom is -0.504 e. The van der Waals surface area contributed by atoms with Crippen molar-refractivity contribution >= 4 is 23.7 Å². The van der Waals surface area contributed by atoms with Gasteiger partial charge in [-0.1, -0.05) is 24.3 Å². The van der Waals surface area contributed by atoms with Crippen LogP contribution >= 0.6 is 0 Å². The third kappa shape index (κ3) is 4.28. The molecule has 0 saturated carbocycles. The van der Waals surface area contributed by atoms with Crippen LogP contribution in [0.25, 0.3) is 6.08 Å². The summed E-state index contributed by atoms with van der Waals surface area (Å²) in [6.07, 6.45) is 3.73. The highest BCUT2D eigenvalue weighted by Gasteiger charge is 2.32. The maximum absolute atomic E-state index is 12.9. The third-order valence-electron chi connectivity index (χ3n) is 4.41. The Labute approximate surface area is 158 Å². The second kappa shape index (κ2) is 8.40. The van der Waals surface area contributed by atoms with Gasteiger partial charge in [0.1, 0.15) is 5.75 Å². The highest BCUT2D eigenvalue weighted by molar-refractivity contribution is 6.05. The van der Waals surface area contributed by atoms with E-state index < -0.39 is 0 Å². The van der Waals surface area contributed by atoms with Crippen LogP contribution < -0.4 is 9.64 Å². The van der Waals surface area contributed by atoms with Gasteiger partial charge in [0.2, 0.25) is 5.91 Å². The number of rotatable bonds is 6. The van der Waals surface area contributed by atoms with Crippen molar-refractivity contribution in [1.82, 2.24) is 4.90 Å². The maximum Gasteiger partial charge on any atom is 0.331 e. The molecular formula is C21H22N2O4. The van der Waals surface area contributed by atoms with Crippen molar-refractivity contribution in [2.75, 3.05) is 25.7 Å². The summed E-state index contributed by atoms with van der Waals surface area (Å²) in [5.41, 5.74) is 2.61. The molecule has 6 nitrogen and oxygen atoms in total. The predicted octanol–water partition coefficient (Wildman–Crippen LogP) is 3.67. The minimum atomic E-state index is -0.303. The number of anilines is 1. The Kier molecular flexibility index (Phi) is 5.76. The van der Waals surface area contributed by atoms with E-state index in [9.17, 15) is 9.59 Å². The lowest BCUT2D eigenvalue weighted by Gasteiger charge is -2.34. The second-order valence-corrected chi connectivity index (χ2v) is 6.14. The molecule has 0 unspecified atom stereocenters. The van der Waals surface area contributed by atoms with Crippen molar-refractivity contribution in [3.63, 3.8) is 0 Å². The van der Waals surface area contributed by atoms with Gasteiger partial charge < -0.3 is 9.47 Å². The van der Waals surface area contributed by atoms with E-state index in [0.717, 1.165) is 22.6 Å². The van der Waals surface area contributed by atoms with Gasteiger partial charge in [-0.3, -0.25) is 14.6 Å². The van der Waals surface area contributed by atoms with E-state index in [2.05, 4.69) is 0 Å². The predicted molar refractivity (Wildman–Crippen MR) is 103 cm³/mol. The van der Waals surface area contributed by atoms with E-state index in [1.165, 1.54) is 4.90 Å². The second-order valence-electron chi connectivity index (χ2n) is 6.14. The summed E-state index contributed by atoms with van der Waals surface area (Å²) < 4.78 is 10.1. The van der Waals surface area contributed by atoms with Gasteiger partial charge in [-0.25, -0.2) is 4.79 Å². The summed E-state index contributed by atoms with van der Waals surface area (Å²) in [5.74, 6) is 0.575. The third-order valence-corrected chi connectivity index (χ3v) is 4.41. The molecule has 1 heterocycles. The van der Waals surface area contributed by atoms with E-state index >= 15 is 0 Å². The largest absolute Gasteiger partial charge is 0.504 e. The zero-order chi connectivity index (χ0) is 19.2. The van der Waals surface area contributed by atoms with E-state index in [0.29, 0.717) is 13.0 Å². The number of methoxy groups -OCH3 is 2. The number of benzene rings is 2. The Hall–Kier alpha value is -3.28. The number of hydrogen-bond acceptors (Lipinski definition) is 4. The van der Waals surface area contributed by atoms with E-state index in [1.807, 2.05) is 54.6 Å². The Balaban J connectivity index is 1.75. The molecule has 1 fully saturated rings. The van der Waals surface area contributed by atoms with Gasteiger partial charge in [-0.15, -0.1) is 0 Å². The Morgan fingerprint density at radius 1 is 1.00 bits per heavy atom. The number of amides is 3. The van der Waals surface area contributed by atoms with Gasteiger partial charge in [-0.05, 0) is 41.5 Å².